The normalized spacial score (nSPS) is 11.5. The predicted molar refractivity (Wildman–Crippen MR) is 104 cm³/mol. The van der Waals surface area contributed by atoms with Gasteiger partial charge in [-0.15, -0.1) is 0 Å². The number of carbonyl (C=O) groups excluding carboxylic acids is 1. The molecule has 1 amide bonds. The summed E-state index contributed by atoms with van der Waals surface area (Å²) in [5.41, 5.74) is -0.210. The molecule has 0 atom stereocenters. The molecule has 1 heterocycles. The van der Waals surface area contributed by atoms with Gasteiger partial charge < -0.3 is 5.32 Å². The molecule has 0 fully saturated rings. The van der Waals surface area contributed by atoms with E-state index in [1.807, 2.05) is 13.8 Å². The molecule has 2 rings (SSSR count). The van der Waals surface area contributed by atoms with Gasteiger partial charge in [-0.2, -0.15) is 0 Å². The van der Waals surface area contributed by atoms with Crippen LogP contribution in [0.5, 0.6) is 0 Å². The Bertz CT molecular complexity index is 878. The molecule has 0 aliphatic rings. The summed E-state index contributed by atoms with van der Waals surface area (Å²) in [4.78, 5) is 37.9. The zero-order valence-corrected chi connectivity index (χ0v) is 16.1. The Labute approximate surface area is 153 Å². The number of nitrogens with zero attached hydrogens (tertiary/aromatic N) is 2. The van der Waals surface area contributed by atoms with Crippen molar-refractivity contribution in [1.29, 1.82) is 0 Å². The number of hydrogen-bond donors (Lipinski definition) is 1. The number of carbonyl (C=O) groups is 1. The summed E-state index contributed by atoms with van der Waals surface area (Å²) in [6.45, 7) is 9.13. The van der Waals surface area contributed by atoms with Gasteiger partial charge in [0.25, 0.3) is 5.56 Å². The lowest BCUT2D eigenvalue weighted by molar-refractivity contribution is -0.121. The summed E-state index contributed by atoms with van der Waals surface area (Å²) in [6, 6.07) is 6.96. The third kappa shape index (κ3) is 4.84. The summed E-state index contributed by atoms with van der Waals surface area (Å²) in [6.07, 6.45) is 1.61. The molecule has 0 spiro atoms. The molecule has 6 heteroatoms. The molecule has 0 aliphatic carbocycles. The van der Waals surface area contributed by atoms with Crippen LogP contribution in [-0.2, 0) is 17.9 Å². The van der Waals surface area contributed by atoms with Gasteiger partial charge in [0, 0.05) is 13.1 Å². The predicted octanol–water partition coefficient (Wildman–Crippen LogP) is 2.37. The van der Waals surface area contributed by atoms with E-state index in [9.17, 15) is 14.4 Å². The molecule has 0 radical (unpaired) electrons. The third-order valence-electron chi connectivity index (χ3n) is 4.41. The van der Waals surface area contributed by atoms with Crippen LogP contribution in [0.3, 0.4) is 0 Å². The van der Waals surface area contributed by atoms with Crippen LogP contribution in [0.25, 0.3) is 10.9 Å². The second-order valence-electron chi connectivity index (χ2n) is 7.56. The van der Waals surface area contributed by atoms with Crippen LogP contribution in [0.1, 0.15) is 40.5 Å². The third-order valence-corrected chi connectivity index (χ3v) is 4.41. The summed E-state index contributed by atoms with van der Waals surface area (Å²) in [5.74, 6) is 0.657. The second-order valence-corrected chi connectivity index (χ2v) is 7.56. The van der Waals surface area contributed by atoms with E-state index >= 15 is 0 Å². The summed E-state index contributed by atoms with van der Waals surface area (Å²) < 4.78 is 2.66. The minimum atomic E-state index is -0.423. The van der Waals surface area contributed by atoms with E-state index in [4.69, 9.17) is 0 Å². The average Bonchev–Trinajstić information content (AvgIpc) is 2.58. The van der Waals surface area contributed by atoms with Gasteiger partial charge >= 0.3 is 5.69 Å². The lowest BCUT2D eigenvalue weighted by Gasteiger charge is -2.15. The molecule has 2 aromatic rings. The Morgan fingerprint density at radius 3 is 2.31 bits per heavy atom. The van der Waals surface area contributed by atoms with Crippen LogP contribution in [-0.4, -0.2) is 21.6 Å². The van der Waals surface area contributed by atoms with Crippen molar-refractivity contribution < 1.29 is 4.79 Å². The van der Waals surface area contributed by atoms with Crippen molar-refractivity contribution in [1.82, 2.24) is 14.5 Å². The van der Waals surface area contributed by atoms with E-state index in [1.54, 1.807) is 24.3 Å². The first-order valence-electron chi connectivity index (χ1n) is 9.30. The minimum Gasteiger partial charge on any atom is -0.355 e. The molecular weight excluding hydrogens is 330 g/mol. The highest BCUT2D eigenvalue weighted by molar-refractivity contribution is 5.81. The van der Waals surface area contributed by atoms with Crippen molar-refractivity contribution in [2.24, 2.45) is 11.8 Å². The first-order valence-corrected chi connectivity index (χ1v) is 9.30. The number of para-hydroxylation sites is 1. The van der Waals surface area contributed by atoms with Crippen LogP contribution in [0.2, 0.25) is 0 Å². The standard InChI is InChI=1S/C20H29N3O3/c1-14(2)9-11-21-18(24)13-23-17-8-6-5-7-16(17)19(25)22(20(23)26)12-10-15(3)4/h5-8,14-15H,9-13H2,1-4H3,(H,21,24). The van der Waals surface area contributed by atoms with Crippen molar-refractivity contribution in [3.05, 3.63) is 45.1 Å². The second kappa shape index (κ2) is 8.83. The number of benzene rings is 1. The number of aromatic nitrogens is 2. The lowest BCUT2D eigenvalue weighted by Crippen LogP contribution is -2.43. The number of nitrogens with one attached hydrogen (secondary N) is 1. The maximum absolute atomic E-state index is 12.9. The molecule has 142 valence electrons. The molecule has 1 aromatic carbocycles. The fourth-order valence-electron chi connectivity index (χ4n) is 2.81. The summed E-state index contributed by atoms with van der Waals surface area (Å²) >= 11 is 0. The number of fused-ring (bicyclic) bond motifs is 1. The number of amides is 1. The first kappa shape index (κ1) is 19.9. The molecule has 0 saturated heterocycles. The van der Waals surface area contributed by atoms with E-state index in [0.717, 1.165) is 12.8 Å². The quantitative estimate of drug-likeness (QED) is 0.786. The topological polar surface area (TPSA) is 73.1 Å². The van der Waals surface area contributed by atoms with Gasteiger partial charge in [0.2, 0.25) is 5.91 Å². The fraction of sp³-hybridized carbons (Fsp3) is 0.550. The Morgan fingerprint density at radius 1 is 1.00 bits per heavy atom. The van der Waals surface area contributed by atoms with E-state index in [2.05, 4.69) is 19.2 Å². The Morgan fingerprint density at radius 2 is 1.65 bits per heavy atom. The maximum Gasteiger partial charge on any atom is 0.331 e. The summed E-state index contributed by atoms with van der Waals surface area (Å²) in [7, 11) is 0. The number of rotatable bonds is 8. The molecule has 6 nitrogen and oxygen atoms in total. The first-order chi connectivity index (χ1) is 12.3. The Hall–Kier alpha value is -2.37. The van der Waals surface area contributed by atoms with Gasteiger partial charge in [-0.05, 0) is 36.8 Å². The van der Waals surface area contributed by atoms with Gasteiger partial charge in [-0.3, -0.25) is 18.7 Å². The van der Waals surface area contributed by atoms with Gasteiger partial charge in [-0.25, -0.2) is 4.79 Å². The van der Waals surface area contributed by atoms with Crippen molar-refractivity contribution >= 4 is 16.8 Å². The van der Waals surface area contributed by atoms with Gasteiger partial charge in [0.05, 0.1) is 10.9 Å². The Balaban J connectivity index is 2.39. The van der Waals surface area contributed by atoms with Crippen molar-refractivity contribution in [3.8, 4) is 0 Å². The fourth-order valence-corrected chi connectivity index (χ4v) is 2.81. The van der Waals surface area contributed by atoms with E-state index in [0.29, 0.717) is 35.8 Å². The largest absolute Gasteiger partial charge is 0.355 e. The average molecular weight is 359 g/mol. The maximum atomic E-state index is 12.9. The van der Waals surface area contributed by atoms with Crippen molar-refractivity contribution in [3.63, 3.8) is 0 Å². The van der Waals surface area contributed by atoms with Gasteiger partial charge in [0.15, 0.2) is 0 Å². The van der Waals surface area contributed by atoms with Crippen LogP contribution in [0.4, 0.5) is 0 Å². The van der Waals surface area contributed by atoms with E-state index < -0.39 is 5.69 Å². The molecule has 0 unspecified atom stereocenters. The molecule has 1 aromatic heterocycles. The highest BCUT2D eigenvalue weighted by Crippen LogP contribution is 2.08. The van der Waals surface area contributed by atoms with Crippen LogP contribution in [0.15, 0.2) is 33.9 Å². The van der Waals surface area contributed by atoms with Crippen LogP contribution >= 0.6 is 0 Å². The molecule has 0 bridgehead atoms. The number of hydrogen-bond acceptors (Lipinski definition) is 3. The van der Waals surface area contributed by atoms with Crippen LogP contribution < -0.4 is 16.6 Å². The van der Waals surface area contributed by atoms with Crippen molar-refractivity contribution in [2.45, 2.75) is 53.6 Å². The molecule has 1 N–H and O–H groups in total. The van der Waals surface area contributed by atoms with Crippen LogP contribution in [0, 0.1) is 11.8 Å². The zero-order valence-electron chi connectivity index (χ0n) is 16.1. The molecule has 26 heavy (non-hydrogen) atoms. The van der Waals surface area contributed by atoms with Crippen molar-refractivity contribution in [2.75, 3.05) is 6.54 Å². The lowest BCUT2D eigenvalue weighted by atomic mass is 10.1. The Kier molecular flexibility index (Phi) is 6.77. The van der Waals surface area contributed by atoms with Gasteiger partial charge in [0.1, 0.15) is 6.54 Å². The summed E-state index contributed by atoms with van der Waals surface area (Å²) in [5, 5.41) is 3.32. The monoisotopic (exact) mass is 359 g/mol. The van der Waals surface area contributed by atoms with E-state index in [1.165, 1.54) is 9.13 Å². The smallest absolute Gasteiger partial charge is 0.331 e. The highest BCUT2D eigenvalue weighted by Gasteiger charge is 2.15. The molecule has 0 saturated carbocycles. The molecule has 0 aliphatic heterocycles. The zero-order chi connectivity index (χ0) is 19.3. The van der Waals surface area contributed by atoms with E-state index in [-0.39, 0.29) is 18.0 Å². The van der Waals surface area contributed by atoms with Gasteiger partial charge in [-0.1, -0.05) is 39.8 Å². The minimum absolute atomic E-state index is 0.0839. The molecular formula is C20H29N3O3. The highest BCUT2D eigenvalue weighted by atomic mass is 16.2. The SMILES string of the molecule is CC(C)CCNC(=O)Cn1c(=O)n(CCC(C)C)c(=O)c2ccccc21.